The van der Waals surface area contributed by atoms with Gasteiger partial charge in [-0.1, -0.05) is 17.7 Å². The molecule has 2 aromatic carbocycles. The van der Waals surface area contributed by atoms with Crippen LogP contribution in [0.15, 0.2) is 47.4 Å². The van der Waals surface area contributed by atoms with Crippen LogP contribution in [0.2, 0.25) is 0 Å². The topological polar surface area (TPSA) is 73.9 Å². The molecule has 0 radical (unpaired) electrons. The van der Waals surface area contributed by atoms with Crippen LogP contribution in [0.25, 0.3) is 0 Å². The second-order valence-electron chi connectivity index (χ2n) is 6.21. The highest BCUT2D eigenvalue weighted by atomic mass is 32.2. The summed E-state index contributed by atoms with van der Waals surface area (Å²) in [5.41, 5.74) is 1.67. The van der Waals surface area contributed by atoms with Gasteiger partial charge in [-0.3, -0.25) is 9.59 Å². The van der Waals surface area contributed by atoms with Crippen LogP contribution >= 0.6 is 11.8 Å². The summed E-state index contributed by atoms with van der Waals surface area (Å²) in [6.07, 6.45) is -0.929. The number of hydrogen-bond donors (Lipinski definition) is 1. The van der Waals surface area contributed by atoms with E-state index in [9.17, 15) is 9.59 Å². The highest BCUT2D eigenvalue weighted by Crippen LogP contribution is 2.30. The van der Waals surface area contributed by atoms with Gasteiger partial charge in [0.25, 0.3) is 5.91 Å². The van der Waals surface area contributed by atoms with E-state index in [2.05, 4.69) is 5.32 Å². The molecular weight excluding hydrogens is 378 g/mol. The fourth-order valence-electron chi connectivity index (χ4n) is 2.35. The first-order valence-corrected chi connectivity index (χ1v) is 9.68. The summed E-state index contributed by atoms with van der Waals surface area (Å²) in [5.74, 6) is 0.184. The van der Waals surface area contributed by atoms with Crippen molar-refractivity contribution < 1.29 is 23.8 Å². The number of amides is 1. The lowest BCUT2D eigenvalue weighted by molar-refractivity contribution is -0.152. The van der Waals surface area contributed by atoms with E-state index in [-0.39, 0.29) is 0 Å². The Balaban J connectivity index is 1.92. The standard InChI is InChI=1S/C21H25NO5S/c1-13-6-9-17(10-7-13)28-15(3)21(24)27-14(2)20(23)22-16-8-11-18(25-4)19(12-16)26-5/h6-12,14-15H,1-5H3,(H,22,23)/t14-,15+/m1/s1. The van der Waals surface area contributed by atoms with Crippen LogP contribution in [0.1, 0.15) is 19.4 Å². The van der Waals surface area contributed by atoms with E-state index in [0.717, 1.165) is 10.5 Å². The van der Waals surface area contributed by atoms with Crippen LogP contribution in [0.4, 0.5) is 5.69 Å². The predicted octanol–water partition coefficient (Wildman–Crippen LogP) is 4.06. The molecule has 0 saturated heterocycles. The number of thioether (sulfide) groups is 1. The number of methoxy groups -OCH3 is 2. The molecule has 1 amide bonds. The molecule has 2 rings (SSSR count). The van der Waals surface area contributed by atoms with Gasteiger partial charge >= 0.3 is 5.97 Å². The maximum absolute atomic E-state index is 12.4. The molecule has 0 fully saturated rings. The molecule has 7 heteroatoms. The molecule has 0 spiro atoms. The molecule has 0 bridgehead atoms. The molecule has 2 atom stereocenters. The van der Waals surface area contributed by atoms with Gasteiger partial charge in [0.2, 0.25) is 0 Å². The quantitative estimate of drug-likeness (QED) is 0.529. The molecule has 0 aliphatic heterocycles. The Morgan fingerprint density at radius 3 is 2.21 bits per heavy atom. The maximum atomic E-state index is 12.4. The van der Waals surface area contributed by atoms with Crippen molar-refractivity contribution in [3.63, 3.8) is 0 Å². The van der Waals surface area contributed by atoms with E-state index in [1.54, 1.807) is 25.1 Å². The average molecular weight is 404 g/mol. The van der Waals surface area contributed by atoms with E-state index in [0.29, 0.717) is 17.2 Å². The third kappa shape index (κ3) is 5.92. The Kier molecular flexibility index (Phi) is 7.75. The van der Waals surface area contributed by atoms with Gasteiger partial charge in [-0.05, 0) is 45.0 Å². The lowest BCUT2D eigenvalue weighted by Gasteiger charge is -2.17. The normalized spacial score (nSPS) is 12.6. The van der Waals surface area contributed by atoms with Crippen LogP contribution in [-0.4, -0.2) is 37.4 Å². The van der Waals surface area contributed by atoms with Gasteiger partial charge in [0.15, 0.2) is 17.6 Å². The largest absolute Gasteiger partial charge is 0.493 e. The summed E-state index contributed by atoms with van der Waals surface area (Å²) in [7, 11) is 3.05. The van der Waals surface area contributed by atoms with Gasteiger partial charge in [0, 0.05) is 16.6 Å². The molecule has 6 nitrogen and oxygen atoms in total. The first-order chi connectivity index (χ1) is 13.3. The van der Waals surface area contributed by atoms with E-state index in [4.69, 9.17) is 14.2 Å². The number of hydrogen-bond acceptors (Lipinski definition) is 6. The summed E-state index contributed by atoms with van der Waals surface area (Å²) >= 11 is 1.39. The number of carbonyl (C=O) groups excluding carboxylic acids is 2. The molecule has 2 aromatic rings. The Morgan fingerprint density at radius 1 is 0.964 bits per heavy atom. The molecule has 0 heterocycles. The van der Waals surface area contributed by atoms with E-state index in [1.165, 1.54) is 32.9 Å². The fraction of sp³-hybridized carbons (Fsp3) is 0.333. The summed E-state index contributed by atoms with van der Waals surface area (Å²) in [6, 6.07) is 12.9. The zero-order valence-electron chi connectivity index (χ0n) is 16.6. The molecule has 28 heavy (non-hydrogen) atoms. The minimum atomic E-state index is -0.929. The average Bonchev–Trinajstić information content (AvgIpc) is 2.69. The van der Waals surface area contributed by atoms with Gasteiger partial charge in [-0.25, -0.2) is 0 Å². The second-order valence-corrected chi connectivity index (χ2v) is 7.63. The lowest BCUT2D eigenvalue weighted by Crippen LogP contribution is -2.32. The Bertz CT molecular complexity index is 822. The molecule has 150 valence electrons. The van der Waals surface area contributed by atoms with Gasteiger partial charge in [-0.2, -0.15) is 0 Å². The zero-order valence-corrected chi connectivity index (χ0v) is 17.5. The highest BCUT2D eigenvalue weighted by molar-refractivity contribution is 8.00. The van der Waals surface area contributed by atoms with E-state index in [1.807, 2.05) is 31.2 Å². The van der Waals surface area contributed by atoms with Crippen LogP contribution in [0.5, 0.6) is 11.5 Å². The first-order valence-electron chi connectivity index (χ1n) is 8.80. The van der Waals surface area contributed by atoms with E-state index < -0.39 is 23.2 Å². The van der Waals surface area contributed by atoms with Crippen LogP contribution in [0.3, 0.4) is 0 Å². The van der Waals surface area contributed by atoms with Gasteiger partial charge in [0.1, 0.15) is 5.25 Å². The smallest absolute Gasteiger partial charge is 0.319 e. The Morgan fingerprint density at radius 2 is 1.61 bits per heavy atom. The molecule has 0 aliphatic carbocycles. The number of nitrogens with one attached hydrogen (secondary N) is 1. The highest BCUT2D eigenvalue weighted by Gasteiger charge is 2.23. The van der Waals surface area contributed by atoms with Crippen molar-refractivity contribution in [2.75, 3.05) is 19.5 Å². The SMILES string of the molecule is COc1ccc(NC(=O)[C@@H](C)OC(=O)[C@H](C)Sc2ccc(C)cc2)cc1OC. The van der Waals surface area contributed by atoms with Crippen molar-refractivity contribution in [1.29, 1.82) is 0 Å². The van der Waals surface area contributed by atoms with Gasteiger partial charge < -0.3 is 19.5 Å². The number of aryl methyl sites for hydroxylation is 1. The zero-order chi connectivity index (χ0) is 20.7. The minimum absolute atomic E-state index is 0.423. The van der Waals surface area contributed by atoms with Crippen molar-refractivity contribution in [3.8, 4) is 11.5 Å². The summed E-state index contributed by atoms with van der Waals surface area (Å²) in [5, 5.41) is 2.28. The van der Waals surface area contributed by atoms with Crippen molar-refractivity contribution in [2.24, 2.45) is 0 Å². The van der Waals surface area contributed by atoms with Crippen molar-refractivity contribution >= 4 is 29.3 Å². The molecule has 0 unspecified atom stereocenters. The van der Waals surface area contributed by atoms with Crippen molar-refractivity contribution in [3.05, 3.63) is 48.0 Å². The third-order valence-electron chi connectivity index (χ3n) is 3.98. The van der Waals surface area contributed by atoms with Gasteiger partial charge in [0.05, 0.1) is 14.2 Å². The fourth-order valence-corrected chi connectivity index (χ4v) is 3.20. The number of benzene rings is 2. The number of ether oxygens (including phenoxy) is 3. The number of rotatable bonds is 8. The van der Waals surface area contributed by atoms with E-state index >= 15 is 0 Å². The maximum Gasteiger partial charge on any atom is 0.319 e. The minimum Gasteiger partial charge on any atom is -0.493 e. The summed E-state index contributed by atoms with van der Waals surface area (Å²) in [6.45, 7) is 5.30. The van der Waals surface area contributed by atoms with Crippen LogP contribution < -0.4 is 14.8 Å². The number of esters is 1. The third-order valence-corrected chi connectivity index (χ3v) is 5.07. The van der Waals surface area contributed by atoms with Crippen LogP contribution in [-0.2, 0) is 14.3 Å². The number of anilines is 1. The van der Waals surface area contributed by atoms with Gasteiger partial charge in [-0.15, -0.1) is 11.8 Å². The molecule has 0 aromatic heterocycles. The first kappa shape index (κ1) is 21.6. The van der Waals surface area contributed by atoms with Crippen molar-refractivity contribution in [2.45, 2.75) is 37.0 Å². The van der Waals surface area contributed by atoms with Crippen molar-refractivity contribution in [1.82, 2.24) is 0 Å². The molecule has 0 saturated carbocycles. The molecule has 0 aliphatic rings. The Labute approximate surface area is 169 Å². The predicted molar refractivity (Wildman–Crippen MR) is 110 cm³/mol. The molecular formula is C21H25NO5S. The number of carbonyl (C=O) groups is 2. The Hall–Kier alpha value is -2.67. The van der Waals surface area contributed by atoms with Crippen LogP contribution in [0, 0.1) is 6.92 Å². The lowest BCUT2D eigenvalue weighted by atomic mass is 10.2. The summed E-state index contributed by atoms with van der Waals surface area (Å²) < 4.78 is 15.7. The summed E-state index contributed by atoms with van der Waals surface area (Å²) in [4.78, 5) is 25.6. The monoisotopic (exact) mass is 403 g/mol. The molecule has 1 N–H and O–H groups in total. The second kappa shape index (κ2) is 10.0.